The van der Waals surface area contributed by atoms with Gasteiger partial charge in [0.2, 0.25) is 0 Å². The van der Waals surface area contributed by atoms with Crippen molar-refractivity contribution in [1.29, 1.82) is 0 Å². The normalized spacial score (nSPS) is 11.8. The largest absolute Gasteiger partial charge is 0.384 e. The topological polar surface area (TPSA) is 50.9 Å². The summed E-state index contributed by atoms with van der Waals surface area (Å²) in [6.07, 6.45) is 1.73. The quantitative estimate of drug-likeness (QED) is 0.926. The first-order valence-electron chi connectivity index (χ1n) is 5.29. The van der Waals surface area contributed by atoms with E-state index < -0.39 is 5.60 Å². The number of hydrogen-bond acceptors (Lipinski definition) is 3. The van der Waals surface area contributed by atoms with Crippen LogP contribution in [0.15, 0.2) is 28.9 Å². The van der Waals surface area contributed by atoms with Crippen molar-refractivity contribution in [3.63, 3.8) is 0 Å². The molecule has 0 aliphatic heterocycles. The molecule has 17 heavy (non-hydrogen) atoms. The maximum Gasteiger partial charge on any atom is 0.114 e. The first kappa shape index (κ1) is 12.3. The Kier molecular flexibility index (Phi) is 3.05. The van der Waals surface area contributed by atoms with Gasteiger partial charge < -0.3 is 5.11 Å². The van der Waals surface area contributed by atoms with Crippen molar-refractivity contribution in [3.05, 3.63) is 40.1 Å². The molecule has 0 amide bonds. The van der Waals surface area contributed by atoms with Gasteiger partial charge in [0, 0.05) is 4.47 Å². The Bertz CT molecular complexity index is 543. The predicted molar refractivity (Wildman–Crippen MR) is 69.0 cm³/mol. The van der Waals surface area contributed by atoms with Crippen LogP contribution in [-0.2, 0) is 5.60 Å². The number of aromatic nitrogens is 3. The molecule has 90 valence electrons. The number of rotatable bonds is 2. The minimum atomic E-state index is -0.972. The number of hydrogen-bond donors (Lipinski definition) is 1. The molecule has 0 aliphatic rings. The summed E-state index contributed by atoms with van der Waals surface area (Å²) in [6.45, 7) is 5.40. The van der Waals surface area contributed by atoms with Gasteiger partial charge in [-0.1, -0.05) is 27.2 Å². The summed E-state index contributed by atoms with van der Waals surface area (Å²) < 4.78 is 2.67. The summed E-state index contributed by atoms with van der Waals surface area (Å²) >= 11 is 3.48. The lowest BCUT2D eigenvalue weighted by atomic mass is 10.1. The van der Waals surface area contributed by atoms with E-state index >= 15 is 0 Å². The van der Waals surface area contributed by atoms with Crippen LogP contribution in [0.3, 0.4) is 0 Å². The molecule has 0 saturated heterocycles. The van der Waals surface area contributed by atoms with Crippen LogP contribution in [0.2, 0.25) is 0 Å². The van der Waals surface area contributed by atoms with Crippen LogP contribution >= 0.6 is 15.9 Å². The van der Waals surface area contributed by atoms with Crippen molar-refractivity contribution in [2.75, 3.05) is 0 Å². The van der Waals surface area contributed by atoms with Gasteiger partial charge in [-0.2, -0.15) is 0 Å². The molecule has 1 N–H and O–H groups in total. The number of aliphatic hydroxyl groups is 1. The van der Waals surface area contributed by atoms with E-state index in [1.165, 1.54) is 0 Å². The molecular formula is C12H14BrN3O. The van der Waals surface area contributed by atoms with Crippen molar-refractivity contribution < 1.29 is 5.11 Å². The molecular weight excluding hydrogens is 282 g/mol. The molecule has 5 heteroatoms. The fourth-order valence-corrected chi connectivity index (χ4v) is 1.76. The summed E-state index contributed by atoms with van der Waals surface area (Å²) in [7, 11) is 0. The van der Waals surface area contributed by atoms with Gasteiger partial charge in [-0.05, 0) is 38.5 Å². The van der Waals surface area contributed by atoms with Crippen LogP contribution in [0.25, 0.3) is 5.69 Å². The molecule has 0 spiro atoms. The third-order valence-electron chi connectivity index (χ3n) is 2.54. The fourth-order valence-electron chi connectivity index (χ4n) is 1.39. The third-order valence-corrected chi connectivity index (χ3v) is 3.39. The van der Waals surface area contributed by atoms with E-state index in [0.29, 0.717) is 5.69 Å². The Morgan fingerprint density at radius 1 is 1.35 bits per heavy atom. The Morgan fingerprint density at radius 3 is 2.59 bits per heavy atom. The van der Waals surface area contributed by atoms with E-state index in [2.05, 4.69) is 26.2 Å². The first-order chi connectivity index (χ1) is 7.88. The zero-order valence-corrected chi connectivity index (χ0v) is 11.6. The van der Waals surface area contributed by atoms with Crippen molar-refractivity contribution in [1.82, 2.24) is 15.0 Å². The Balaban J connectivity index is 2.40. The molecule has 1 aromatic heterocycles. The van der Waals surface area contributed by atoms with E-state index in [9.17, 15) is 5.11 Å². The van der Waals surface area contributed by atoms with Gasteiger partial charge >= 0.3 is 0 Å². The lowest BCUT2D eigenvalue weighted by Crippen LogP contribution is -2.15. The van der Waals surface area contributed by atoms with Gasteiger partial charge in [-0.3, -0.25) is 0 Å². The third kappa shape index (κ3) is 2.56. The summed E-state index contributed by atoms with van der Waals surface area (Å²) in [5.74, 6) is 0. The van der Waals surface area contributed by atoms with Crippen LogP contribution in [0.4, 0.5) is 0 Å². The van der Waals surface area contributed by atoms with Crippen LogP contribution in [0.5, 0.6) is 0 Å². The zero-order valence-electron chi connectivity index (χ0n) is 9.98. The lowest BCUT2D eigenvalue weighted by Gasteiger charge is -2.11. The van der Waals surface area contributed by atoms with Crippen LogP contribution in [-0.4, -0.2) is 20.1 Å². The van der Waals surface area contributed by atoms with E-state index in [1.54, 1.807) is 24.7 Å². The van der Waals surface area contributed by atoms with Gasteiger partial charge in [0.15, 0.2) is 0 Å². The summed E-state index contributed by atoms with van der Waals surface area (Å²) in [5, 5.41) is 17.8. The number of benzene rings is 1. The van der Waals surface area contributed by atoms with Crippen LogP contribution in [0.1, 0.15) is 25.1 Å². The van der Waals surface area contributed by atoms with Crippen molar-refractivity contribution in [2.45, 2.75) is 26.4 Å². The predicted octanol–water partition coefficient (Wildman–Crippen LogP) is 2.57. The molecule has 0 radical (unpaired) electrons. The maximum atomic E-state index is 9.82. The fraction of sp³-hybridized carbons (Fsp3) is 0.333. The van der Waals surface area contributed by atoms with Gasteiger partial charge in [0.25, 0.3) is 0 Å². The average molecular weight is 296 g/mol. The molecule has 2 aromatic rings. The van der Waals surface area contributed by atoms with Gasteiger partial charge in [0.1, 0.15) is 11.3 Å². The minimum absolute atomic E-state index is 0.550. The van der Waals surface area contributed by atoms with Crippen molar-refractivity contribution in [3.8, 4) is 5.69 Å². The second-order valence-corrected chi connectivity index (χ2v) is 5.40. The summed E-state index contributed by atoms with van der Waals surface area (Å²) in [4.78, 5) is 0. The Hall–Kier alpha value is -1.20. The smallest absolute Gasteiger partial charge is 0.114 e. The van der Waals surface area contributed by atoms with E-state index in [-0.39, 0.29) is 0 Å². The van der Waals surface area contributed by atoms with Gasteiger partial charge in [-0.25, -0.2) is 4.68 Å². The minimum Gasteiger partial charge on any atom is -0.384 e. The van der Waals surface area contributed by atoms with Crippen LogP contribution < -0.4 is 0 Å². The first-order valence-corrected chi connectivity index (χ1v) is 6.09. The SMILES string of the molecule is Cc1ccc(-n2cc(C(C)(C)O)nn2)cc1Br. The summed E-state index contributed by atoms with van der Waals surface area (Å²) in [6, 6.07) is 5.94. The molecule has 1 aromatic carbocycles. The van der Waals surface area contributed by atoms with E-state index in [1.807, 2.05) is 25.1 Å². The number of nitrogens with zero attached hydrogens (tertiary/aromatic N) is 3. The molecule has 0 atom stereocenters. The van der Waals surface area contributed by atoms with Crippen molar-refractivity contribution >= 4 is 15.9 Å². The van der Waals surface area contributed by atoms with Crippen LogP contribution in [0, 0.1) is 6.92 Å². The highest BCUT2D eigenvalue weighted by atomic mass is 79.9. The van der Waals surface area contributed by atoms with Gasteiger partial charge in [0.05, 0.1) is 11.9 Å². The molecule has 0 unspecified atom stereocenters. The number of aryl methyl sites for hydroxylation is 1. The zero-order chi connectivity index (χ0) is 12.6. The molecule has 2 rings (SSSR count). The maximum absolute atomic E-state index is 9.82. The highest BCUT2D eigenvalue weighted by Gasteiger charge is 2.20. The molecule has 0 saturated carbocycles. The number of halogens is 1. The molecule has 0 aliphatic carbocycles. The van der Waals surface area contributed by atoms with E-state index in [0.717, 1.165) is 15.7 Å². The standard InChI is InChI=1S/C12H14BrN3O/c1-8-4-5-9(6-10(8)13)16-7-11(14-15-16)12(2,3)17/h4-7,17H,1-3H3. The summed E-state index contributed by atoms with van der Waals surface area (Å²) in [5.41, 5.74) is 1.65. The highest BCUT2D eigenvalue weighted by molar-refractivity contribution is 9.10. The Morgan fingerprint density at radius 2 is 2.06 bits per heavy atom. The van der Waals surface area contributed by atoms with Gasteiger partial charge in [-0.15, -0.1) is 5.10 Å². The average Bonchev–Trinajstić information content (AvgIpc) is 2.70. The molecule has 1 heterocycles. The molecule has 0 bridgehead atoms. The Labute approximate surface area is 108 Å². The highest BCUT2D eigenvalue weighted by Crippen LogP contribution is 2.21. The second-order valence-electron chi connectivity index (χ2n) is 4.54. The van der Waals surface area contributed by atoms with Crippen molar-refractivity contribution in [2.24, 2.45) is 0 Å². The lowest BCUT2D eigenvalue weighted by molar-refractivity contribution is 0.0737. The second kappa shape index (κ2) is 4.23. The molecule has 0 fully saturated rings. The van der Waals surface area contributed by atoms with E-state index in [4.69, 9.17) is 0 Å². The molecule has 4 nitrogen and oxygen atoms in total. The monoisotopic (exact) mass is 295 g/mol.